The van der Waals surface area contributed by atoms with E-state index in [2.05, 4.69) is 4.98 Å². The van der Waals surface area contributed by atoms with Gasteiger partial charge >= 0.3 is 0 Å². The minimum absolute atomic E-state index is 0.111. The number of aromatic nitrogens is 2. The highest BCUT2D eigenvalue weighted by Gasteiger charge is 2.63. The monoisotopic (exact) mass is 530 g/mol. The maximum Gasteiger partial charge on any atom is 0.186 e. The third-order valence-corrected chi connectivity index (χ3v) is 8.93. The van der Waals surface area contributed by atoms with Crippen LogP contribution in [0.3, 0.4) is 0 Å². The highest BCUT2D eigenvalue weighted by atomic mass is 32.2. The average molecular weight is 531 g/mol. The number of methoxy groups -OCH3 is 2. The van der Waals surface area contributed by atoms with Gasteiger partial charge in [0.05, 0.1) is 35.2 Å². The van der Waals surface area contributed by atoms with Crippen molar-refractivity contribution < 1.29 is 22.7 Å². The van der Waals surface area contributed by atoms with Gasteiger partial charge < -0.3 is 9.47 Å². The maximum absolute atomic E-state index is 14.2. The van der Waals surface area contributed by atoms with Crippen LogP contribution < -0.4 is 4.74 Å². The molecule has 0 amide bonds. The number of carbonyl (C=O) groups excluding carboxylic acids is 1. The fourth-order valence-corrected chi connectivity index (χ4v) is 6.90. The van der Waals surface area contributed by atoms with E-state index in [0.717, 1.165) is 22.6 Å². The van der Waals surface area contributed by atoms with Crippen molar-refractivity contribution in [2.45, 2.75) is 43.1 Å². The highest BCUT2D eigenvalue weighted by Crippen LogP contribution is 2.62. The molecular weight excluding hydrogens is 500 g/mol. The molecule has 5 rings (SSSR count). The number of Topliss-reactive ketones (excluding diaryl/α,β-unsaturated/α-hetero) is 1. The molecule has 2 heterocycles. The number of ketones is 1. The van der Waals surface area contributed by atoms with E-state index in [1.54, 1.807) is 44.6 Å². The molecule has 1 saturated carbocycles. The predicted molar refractivity (Wildman–Crippen MR) is 145 cm³/mol. The standard InChI is InChI=1S/C30H30N2O5S/c1-19-11-14-27(37-4)23(15-19)30(16-24(30)26-9-5-7-21(32-26)17-36-3)29(33)18-38(34,35)28-10-6-8-25-22(28)13-12-20(2)31-25/h5-15,24H,16-18H2,1-4H3/t24-,30-/m1/s1. The summed E-state index contributed by atoms with van der Waals surface area (Å²) in [5, 5.41) is 0.509. The van der Waals surface area contributed by atoms with E-state index in [9.17, 15) is 13.2 Å². The van der Waals surface area contributed by atoms with Gasteiger partial charge in [-0.05, 0) is 62.7 Å². The van der Waals surface area contributed by atoms with Crippen LogP contribution in [0.4, 0.5) is 0 Å². The molecule has 1 aliphatic carbocycles. The molecule has 0 N–H and O–H groups in total. The van der Waals surface area contributed by atoms with Crippen molar-refractivity contribution >= 4 is 26.5 Å². The zero-order chi connectivity index (χ0) is 27.1. The van der Waals surface area contributed by atoms with Gasteiger partial charge in [-0.15, -0.1) is 0 Å². The van der Waals surface area contributed by atoms with Gasteiger partial charge in [-0.3, -0.25) is 14.8 Å². The molecule has 2 aromatic carbocycles. The van der Waals surface area contributed by atoms with Crippen molar-refractivity contribution in [2.24, 2.45) is 0 Å². The number of benzene rings is 2. The fourth-order valence-electron chi connectivity index (χ4n) is 5.35. The molecule has 1 aliphatic rings. The summed E-state index contributed by atoms with van der Waals surface area (Å²) in [6.07, 6.45) is 0.445. The molecule has 2 atom stereocenters. The van der Waals surface area contributed by atoms with Crippen molar-refractivity contribution in [3.05, 3.63) is 94.9 Å². The summed E-state index contributed by atoms with van der Waals surface area (Å²) in [4.78, 5) is 23.5. The van der Waals surface area contributed by atoms with Crippen molar-refractivity contribution in [2.75, 3.05) is 20.0 Å². The topological polar surface area (TPSA) is 95.5 Å². The minimum atomic E-state index is -3.97. The zero-order valence-electron chi connectivity index (χ0n) is 21.9. The molecule has 8 heteroatoms. The molecule has 38 heavy (non-hydrogen) atoms. The van der Waals surface area contributed by atoms with Crippen LogP contribution in [0.5, 0.6) is 5.75 Å². The predicted octanol–water partition coefficient (Wildman–Crippen LogP) is 4.87. The summed E-state index contributed by atoms with van der Waals surface area (Å²) in [5.41, 5.74) is 3.44. The number of fused-ring (bicyclic) bond motifs is 1. The molecule has 0 saturated heterocycles. The Bertz CT molecular complexity index is 1650. The molecule has 0 bridgehead atoms. The Morgan fingerprint density at radius 2 is 1.79 bits per heavy atom. The van der Waals surface area contributed by atoms with E-state index in [-0.39, 0.29) is 16.6 Å². The smallest absolute Gasteiger partial charge is 0.186 e. The fraction of sp³-hybridized carbons (Fsp3) is 0.300. The Balaban J connectivity index is 1.59. The molecule has 7 nitrogen and oxygen atoms in total. The van der Waals surface area contributed by atoms with Gasteiger partial charge in [0, 0.05) is 35.4 Å². The summed E-state index contributed by atoms with van der Waals surface area (Å²) in [5.74, 6) is -0.732. The largest absolute Gasteiger partial charge is 0.496 e. The number of sulfone groups is 1. The third-order valence-electron chi connectivity index (χ3n) is 7.26. The molecule has 0 aliphatic heterocycles. The third kappa shape index (κ3) is 4.59. The van der Waals surface area contributed by atoms with Crippen LogP contribution in [-0.4, -0.2) is 44.1 Å². The first kappa shape index (κ1) is 26.0. The van der Waals surface area contributed by atoms with Gasteiger partial charge in [-0.1, -0.05) is 29.8 Å². The van der Waals surface area contributed by atoms with Gasteiger partial charge in [-0.25, -0.2) is 8.42 Å². The molecular formula is C30H30N2O5S. The van der Waals surface area contributed by atoms with Gasteiger partial charge in [-0.2, -0.15) is 0 Å². The second-order valence-corrected chi connectivity index (χ2v) is 11.8. The molecule has 4 aromatic rings. The lowest BCUT2D eigenvalue weighted by Gasteiger charge is -2.21. The summed E-state index contributed by atoms with van der Waals surface area (Å²) < 4.78 is 38.4. The quantitative estimate of drug-likeness (QED) is 0.305. The van der Waals surface area contributed by atoms with Crippen LogP contribution >= 0.6 is 0 Å². The number of pyridine rings is 2. The SMILES string of the molecule is COCc1cccc([C@H]2C[C@@]2(C(=O)CS(=O)(=O)c2cccc3nc(C)ccc23)c2cc(C)ccc2OC)n1. The van der Waals surface area contributed by atoms with Gasteiger partial charge in [0.2, 0.25) is 0 Å². The highest BCUT2D eigenvalue weighted by molar-refractivity contribution is 7.92. The average Bonchev–Trinajstić information content (AvgIpc) is 3.65. The number of hydrogen-bond acceptors (Lipinski definition) is 7. The lowest BCUT2D eigenvalue weighted by Crippen LogP contribution is -2.30. The first-order valence-corrected chi connectivity index (χ1v) is 14.1. The Kier molecular flexibility index (Phi) is 6.79. The van der Waals surface area contributed by atoms with Crippen LogP contribution in [0, 0.1) is 13.8 Å². The first-order chi connectivity index (χ1) is 18.2. The van der Waals surface area contributed by atoms with E-state index in [4.69, 9.17) is 14.5 Å². The molecule has 1 fully saturated rings. The number of ether oxygens (including phenoxy) is 2. The second kappa shape index (κ2) is 9.93. The number of aryl methyl sites for hydroxylation is 2. The van der Waals surface area contributed by atoms with Crippen molar-refractivity contribution in [3.63, 3.8) is 0 Å². The summed E-state index contributed by atoms with van der Waals surface area (Å²) in [6.45, 7) is 4.14. The molecule has 0 radical (unpaired) electrons. The van der Waals surface area contributed by atoms with E-state index in [0.29, 0.717) is 35.2 Å². The summed E-state index contributed by atoms with van der Waals surface area (Å²) in [6, 6.07) is 19.8. The van der Waals surface area contributed by atoms with Gasteiger partial charge in [0.25, 0.3) is 0 Å². The normalized spacial score (nSPS) is 18.9. The van der Waals surface area contributed by atoms with Crippen LogP contribution in [0.25, 0.3) is 10.9 Å². The first-order valence-electron chi connectivity index (χ1n) is 12.4. The van der Waals surface area contributed by atoms with E-state index in [1.165, 1.54) is 0 Å². The maximum atomic E-state index is 14.2. The lowest BCUT2D eigenvalue weighted by molar-refractivity contribution is -0.119. The molecule has 0 unspecified atom stereocenters. The number of hydrogen-bond donors (Lipinski definition) is 0. The number of nitrogens with zero attached hydrogens (tertiary/aromatic N) is 2. The van der Waals surface area contributed by atoms with Crippen molar-refractivity contribution in [3.8, 4) is 5.75 Å². The van der Waals surface area contributed by atoms with Crippen LogP contribution in [0.15, 0.2) is 71.6 Å². The van der Waals surface area contributed by atoms with Crippen LogP contribution in [-0.2, 0) is 31.4 Å². The molecule has 2 aromatic heterocycles. The zero-order valence-corrected chi connectivity index (χ0v) is 22.7. The minimum Gasteiger partial charge on any atom is -0.496 e. The van der Waals surface area contributed by atoms with Crippen LogP contribution in [0.1, 0.15) is 40.5 Å². The number of rotatable bonds is 9. The lowest BCUT2D eigenvalue weighted by atomic mass is 9.86. The Morgan fingerprint density at radius 3 is 2.55 bits per heavy atom. The van der Waals surface area contributed by atoms with Crippen molar-refractivity contribution in [1.29, 1.82) is 0 Å². The van der Waals surface area contributed by atoms with E-state index in [1.807, 2.05) is 50.2 Å². The van der Waals surface area contributed by atoms with E-state index < -0.39 is 21.0 Å². The summed E-state index contributed by atoms with van der Waals surface area (Å²) >= 11 is 0. The molecule has 0 spiro atoms. The van der Waals surface area contributed by atoms with Crippen LogP contribution in [0.2, 0.25) is 0 Å². The molecule has 196 valence electrons. The number of carbonyl (C=O) groups is 1. The Morgan fingerprint density at radius 1 is 1.00 bits per heavy atom. The Labute approximate surface area is 222 Å². The summed E-state index contributed by atoms with van der Waals surface area (Å²) in [7, 11) is -0.811. The van der Waals surface area contributed by atoms with E-state index >= 15 is 0 Å². The Hall–Kier alpha value is -3.62. The van der Waals surface area contributed by atoms with Crippen molar-refractivity contribution in [1.82, 2.24) is 9.97 Å². The van der Waals surface area contributed by atoms with Gasteiger partial charge in [0.1, 0.15) is 11.5 Å². The second-order valence-electron chi connectivity index (χ2n) is 9.88. The van der Waals surface area contributed by atoms with Gasteiger partial charge in [0.15, 0.2) is 15.6 Å².